The minimum atomic E-state index is -1.04. The normalized spacial score (nSPS) is 29.5. The zero-order valence-electron chi connectivity index (χ0n) is 8.84. The molecular formula is C9H13N3O2S2. The van der Waals surface area contributed by atoms with Gasteiger partial charge in [-0.1, -0.05) is 11.8 Å². The van der Waals surface area contributed by atoms with Gasteiger partial charge in [0, 0.05) is 5.25 Å². The smallest absolute Gasteiger partial charge is 0.323 e. The van der Waals surface area contributed by atoms with Gasteiger partial charge >= 0.3 is 5.97 Å². The molecule has 0 radical (unpaired) electrons. The van der Waals surface area contributed by atoms with Crippen LogP contribution >= 0.6 is 23.3 Å². The molecule has 0 aromatic carbocycles. The Bertz CT molecular complexity index is 409. The third-order valence-corrected chi connectivity index (χ3v) is 4.85. The molecule has 0 amide bonds. The van der Waals surface area contributed by atoms with Crippen LogP contribution in [0.15, 0.2) is 4.34 Å². The molecule has 0 aliphatic heterocycles. The van der Waals surface area contributed by atoms with Crippen LogP contribution in [-0.2, 0) is 4.79 Å². The molecule has 88 valence electrons. The average Bonchev–Trinajstić information content (AvgIpc) is 2.75. The van der Waals surface area contributed by atoms with Gasteiger partial charge in [0.2, 0.25) is 0 Å². The quantitative estimate of drug-likeness (QED) is 0.849. The van der Waals surface area contributed by atoms with Crippen molar-refractivity contribution in [1.82, 2.24) is 9.36 Å². The van der Waals surface area contributed by atoms with Crippen LogP contribution in [0.4, 0.5) is 0 Å². The highest BCUT2D eigenvalue weighted by atomic mass is 32.2. The second-order valence-corrected chi connectivity index (χ2v) is 6.35. The highest BCUT2D eigenvalue weighted by Crippen LogP contribution is 2.39. The lowest BCUT2D eigenvalue weighted by molar-refractivity contribution is -0.143. The summed E-state index contributed by atoms with van der Waals surface area (Å²) < 4.78 is 4.99. The van der Waals surface area contributed by atoms with Crippen LogP contribution < -0.4 is 5.73 Å². The third-order valence-electron chi connectivity index (χ3n) is 2.71. The van der Waals surface area contributed by atoms with E-state index in [1.807, 2.05) is 6.92 Å². The van der Waals surface area contributed by atoms with Crippen molar-refractivity contribution in [2.45, 2.75) is 41.3 Å². The van der Waals surface area contributed by atoms with Crippen molar-refractivity contribution in [3.8, 4) is 0 Å². The SMILES string of the molecule is Cc1nsc(SC2CCC(N)(C(=O)O)C2)n1. The number of rotatable bonds is 3. The van der Waals surface area contributed by atoms with E-state index in [-0.39, 0.29) is 5.25 Å². The first-order valence-corrected chi connectivity index (χ1v) is 6.64. The van der Waals surface area contributed by atoms with E-state index in [9.17, 15) is 4.79 Å². The van der Waals surface area contributed by atoms with E-state index in [4.69, 9.17) is 10.8 Å². The Kier molecular flexibility index (Phi) is 3.18. The van der Waals surface area contributed by atoms with E-state index in [1.165, 1.54) is 11.5 Å². The molecule has 0 spiro atoms. The number of aromatic nitrogens is 2. The summed E-state index contributed by atoms with van der Waals surface area (Å²) in [6.07, 6.45) is 1.87. The van der Waals surface area contributed by atoms with Crippen LogP contribution in [-0.4, -0.2) is 31.2 Å². The number of hydrogen-bond donors (Lipinski definition) is 2. The van der Waals surface area contributed by atoms with Gasteiger partial charge in [-0.05, 0) is 37.7 Å². The van der Waals surface area contributed by atoms with E-state index in [0.29, 0.717) is 12.8 Å². The number of thioether (sulfide) groups is 1. The number of nitrogens with zero attached hydrogens (tertiary/aromatic N) is 2. The van der Waals surface area contributed by atoms with Gasteiger partial charge in [-0.25, -0.2) is 4.98 Å². The van der Waals surface area contributed by atoms with Crippen LogP contribution in [0.25, 0.3) is 0 Å². The molecule has 3 N–H and O–H groups in total. The minimum Gasteiger partial charge on any atom is -0.480 e. The molecule has 5 nitrogen and oxygen atoms in total. The number of aryl methyl sites for hydroxylation is 1. The summed E-state index contributed by atoms with van der Waals surface area (Å²) >= 11 is 2.95. The first kappa shape index (κ1) is 11.8. The van der Waals surface area contributed by atoms with Crippen molar-refractivity contribution in [2.75, 3.05) is 0 Å². The summed E-state index contributed by atoms with van der Waals surface area (Å²) in [5.41, 5.74) is 4.76. The lowest BCUT2D eigenvalue weighted by Gasteiger charge is -2.17. The Hall–Kier alpha value is -0.660. The van der Waals surface area contributed by atoms with E-state index >= 15 is 0 Å². The monoisotopic (exact) mass is 259 g/mol. The molecular weight excluding hydrogens is 246 g/mol. The number of nitrogens with two attached hydrogens (primary N) is 1. The van der Waals surface area contributed by atoms with Crippen LogP contribution in [0.5, 0.6) is 0 Å². The summed E-state index contributed by atoms with van der Waals surface area (Å²) in [4.78, 5) is 15.2. The van der Waals surface area contributed by atoms with Crippen molar-refractivity contribution in [1.29, 1.82) is 0 Å². The predicted octanol–water partition coefficient (Wildman–Crippen LogP) is 1.27. The standard InChI is InChI=1S/C9H13N3O2S2/c1-5-11-8(16-12-5)15-6-2-3-9(10,4-6)7(13)14/h6H,2-4,10H2,1H3,(H,13,14). The van der Waals surface area contributed by atoms with Gasteiger partial charge < -0.3 is 10.8 Å². The molecule has 7 heteroatoms. The second-order valence-electron chi connectivity index (χ2n) is 4.05. The average molecular weight is 259 g/mol. The van der Waals surface area contributed by atoms with E-state index in [1.54, 1.807) is 11.8 Å². The summed E-state index contributed by atoms with van der Waals surface area (Å²) in [5.74, 6) is -0.133. The fourth-order valence-corrected chi connectivity index (χ4v) is 3.99. The lowest BCUT2D eigenvalue weighted by Crippen LogP contribution is -2.45. The number of carboxylic acids is 1. The Morgan fingerprint density at radius 2 is 2.50 bits per heavy atom. The molecule has 1 aromatic rings. The van der Waals surface area contributed by atoms with Crippen molar-refractivity contribution in [3.05, 3.63) is 5.82 Å². The molecule has 0 saturated heterocycles. The van der Waals surface area contributed by atoms with E-state index < -0.39 is 11.5 Å². The van der Waals surface area contributed by atoms with Gasteiger partial charge in [0.05, 0.1) is 0 Å². The number of hydrogen-bond acceptors (Lipinski definition) is 6. The van der Waals surface area contributed by atoms with Gasteiger partial charge in [-0.3, -0.25) is 4.79 Å². The molecule has 2 rings (SSSR count). The van der Waals surface area contributed by atoms with Gasteiger partial charge in [-0.2, -0.15) is 4.37 Å². The Labute approximate surface area is 102 Å². The van der Waals surface area contributed by atoms with Crippen molar-refractivity contribution < 1.29 is 9.90 Å². The van der Waals surface area contributed by atoms with Crippen molar-refractivity contribution in [3.63, 3.8) is 0 Å². The number of aliphatic carboxylic acids is 1. The molecule has 1 fully saturated rings. The third kappa shape index (κ3) is 2.36. The fourth-order valence-electron chi connectivity index (χ4n) is 1.79. The van der Waals surface area contributed by atoms with Crippen molar-refractivity contribution >= 4 is 29.3 Å². The van der Waals surface area contributed by atoms with Gasteiger partial charge in [0.25, 0.3) is 0 Å². The summed E-state index contributed by atoms with van der Waals surface area (Å²) in [6.45, 7) is 1.85. The van der Waals surface area contributed by atoms with Crippen LogP contribution in [0.3, 0.4) is 0 Å². The lowest BCUT2D eigenvalue weighted by atomic mass is 10.0. The summed E-state index contributed by atoms with van der Waals surface area (Å²) in [7, 11) is 0. The molecule has 16 heavy (non-hydrogen) atoms. The van der Waals surface area contributed by atoms with Crippen molar-refractivity contribution in [2.24, 2.45) is 5.73 Å². The highest BCUT2D eigenvalue weighted by molar-refractivity contribution is 8.01. The Balaban J connectivity index is 1.97. The second kappa shape index (κ2) is 4.31. The Morgan fingerprint density at radius 3 is 3.00 bits per heavy atom. The zero-order valence-corrected chi connectivity index (χ0v) is 10.5. The number of carbonyl (C=O) groups is 1. The largest absolute Gasteiger partial charge is 0.480 e. The summed E-state index contributed by atoms with van der Waals surface area (Å²) in [6, 6.07) is 0. The first-order valence-electron chi connectivity index (χ1n) is 4.99. The molecule has 2 unspecified atom stereocenters. The van der Waals surface area contributed by atoms with E-state index in [0.717, 1.165) is 16.6 Å². The zero-order chi connectivity index (χ0) is 11.8. The molecule has 1 aliphatic rings. The highest BCUT2D eigenvalue weighted by Gasteiger charge is 2.42. The maximum atomic E-state index is 11.0. The summed E-state index contributed by atoms with van der Waals surface area (Å²) in [5, 5.41) is 9.24. The topological polar surface area (TPSA) is 89.1 Å². The molecule has 1 heterocycles. The Morgan fingerprint density at radius 1 is 1.75 bits per heavy atom. The molecule has 1 aromatic heterocycles. The fraction of sp³-hybridized carbons (Fsp3) is 0.667. The van der Waals surface area contributed by atoms with Gasteiger partial charge in [0.1, 0.15) is 11.4 Å². The predicted molar refractivity (Wildman–Crippen MR) is 62.7 cm³/mol. The first-order chi connectivity index (χ1) is 7.49. The van der Waals surface area contributed by atoms with E-state index in [2.05, 4.69) is 9.36 Å². The molecule has 2 atom stereocenters. The minimum absolute atomic E-state index is 0.244. The molecule has 1 aliphatic carbocycles. The van der Waals surface area contributed by atoms with Crippen LogP contribution in [0.1, 0.15) is 25.1 Å². The maximum absolute atomic E-state index is 11.0. The molecule has 0 bridgehead atoms. The maximum Gasteiger partial charge on any atom is 0.323 e. The number of carboxylic acid groups (broad SMARTS) is 1. The molecule has 1 saturated carbocycles. The van der Waals surface area contributed by atoms with Crippen LogP contribution in [0, 0.1) is 6.92 Å². The van der Waals surface area contributed by atoms with Crippen LogP contribution in [0.2, 0.25) is 0 Å². The van der Waals surface area contributed by atoms with Gasteiger partial charge in [0.15, 0.2) is 4.34 Å². The van der Waals surface area contributed by atoms with Gasteiger partial charge in [-0.15, -0.1) is 0 Å².